The third-order valence-electron chi connectivity index (χ3n) is 4.00. The molecule has 1 aromatic heterocycles. The molecule has 3 aromatic rings. The van der Waals surface area contributed by atoms with Crippen LogP contribution >= 0.6 is 0 Å². The molecule has 0 aliphatic heterocycles. The van der Waals surface area contributed by atoms with Gasteiger partial charge in [0.2, 0.25) is 0 Å². The van der Waals surface area contributed by atoms with E-state index in [1.165, 1.54) is 21.9 Å². The predicted octanol–water partition coefficient (Wildman–Crippen LogP) is 4.65. The average Bonchev–Trinajstić information content (AvgIpc) is 2.55. The van der Waals surface area contributed by atoms with Gasteiger partial charge in [0.05, 0.1) is 0 Å². The van der Waals surface area contributed by atoms with Crippen molar-refractivity contribution in [1.29, 1.82) is 0 Å². The molecule has 0 bridgehead atoms. The number of benzene rings is 2. The molecule has 0 fully saturated rings. The Morgan fingerprint density at radius 2 is 1.52 bits per heavy atom. The van der Waals surface area contributed by atoms with E-state index in [2.05, 4.69) is 78.7 Å². The first-order chi connectivity index (χ1) is 10.3. The fourth-order valence-electron chi connectivity index (χ4n) is 2.84. The van der Waals surface area contributed by atoms with Crippen molar-refractivity contribution in [2.45, 2.75) is 25.9 Å². The highest BCUT2D eigenvalue weighted by molar-refractivity contribution is 5.86. The normalized spacial score (nSPS) is 14.0. The number of hydrogen-bond acceptors (Lipinski definition) is 2. The molecular formula is C19H20N2. The maximum atomic E-state index is 4.08. The van der Waals surface area contributed by atoms with Gasteiger partial charge in [0.15, 0.2) is 0 Å². The number of pyridine rings is 1. The van der Waals surface area contributed by atoms with Crippen molar-refractivity contribution in [3.63, 3.8) is 0 Å². The summed E-state index contributed by atoms with van der Waals surface area (Å²) in [6.07, 6.45) is 3.69. The standard InChI is InChI=1S/C19H20N2/c1-14(16-10-12-20-13-11-16)21-15(2)18-9-5-7-17-6-3-4-8-19(17)18/h3-15,21H,1-2H3/t14-,15+/m0/s1. The fourth-order valence-corrected chi connectivity index (χ4v) is 2.84. The van der Waals surface area contributed by atoms with Crippen LogP contribution in [0.1, 0.15) is 37.1 Å². The summed E-state index contributed by atoms with van der Waals surface area (Å²) in [6.45, 7) is 4.41. The van der Waals surface area contributed by atoms with E-state index in [0.717, 1.165) is 0 Å². The van der Waals surface area contributed by atoms with Crippen LogP contribution in [0, 0.1) is 0 Å². The second-order valence-corrected chi connectivity index (χ2v) is 5.46. The zero-order chi connectivity index (χ0) is 14.7. The van der Waals surface area contributed by atoms with Crippen LogP contribution in [0.3, 0.4) is 0 Å². The largest absolute Gasteiger partial charge is 0.304 e. The van der Waals surface area contributed by atoms with Gasteiger partial charge in [-0.1, -0.05) is 42.5 Å². The van der Waals surface area contributed by atoms with Crippen molar-refractivity contribution in [3.05, 3.63) is 78.1 Å². The summed E-state index contributed by atoms with van der Waals surface area (Å²) < 4.78 is 0. The van der Waals surface area contributed by atoms with E-state index in [-0.39, 0.29) is 0 Å². The lowest BCUT2D eigenvalue weighted by Gasteiger charge is -2.22. The van der Waals surface area contributed by atoms with Gasteiger partial charge < -0.3 is 5.32 Å². The van der Waals surface area contributed by atoms with E-state index >= 15 is 0 Å². The Labute approximate surface area is 125 Å². The minimum atomic E-state index is 0.291. The van der Waals surface area contributed by atoms with Crippen molar-refractivity contribution in [1.82, 2.24) is 10.3 Å². The van der Waals surface area contributed by atoms with Crippen LogP contribution in [0.2, 0.25) is 0 Å². The molecule has 0 saturated heterocycles. The zero-order valence-electron chi connectivity index (χ0n) is 12.5. The predicted molar refractivity (Wildman–Crippen MR) is 88.2 cm³/mol. The van der Waals surface area contributed by atoms with Crippen LogP contribution in [0.25, 0.3) is 10.8 Å². The van der Waals surface area contributed by atoms with Crippen molar-refractivity contribution >= 4 is 10.8 Å². The Morgan fingerprint density at radius 1 is 0.810 bits per heavy atom. The second-order valence-electron chi connectivity index (χ2n) is 5.46. The van der Waals surface area contributed by atoms with Crippen LogP contribution in [0.4, 0.5) is 0 Å². The second kappa shape index (κ2) is 6.06. The van der Waals surface area contributed by atoms with Crippen LogP contribution in [-0.4, -0.2) is 4.98 Å². The minimum absolute atomic E-state index is 0.291. The molecule has 0 radical (unpaired) electrons. The van der Waals surface area contributed by atoms with E-state index in [4.69, 9.17) is 0 Å². The van der Waals surface area contributed by atoms with Crippen LogP contribution in [-0.2, 0) is 0 Å². The Morgan fingerprint density at radius 3 is 2.33 bits per heavy atom. The van der Waals surface area contributed by atoms with E-state index < -0.39 is 0 Å². The highest BCUT2D eigenvalue weighted by Crippen LogP contribution is 2.26. The Kier molecular flexibility index (Phi) is 3.98. The molecule has 1 heterocycles. The maximum absolute atomic E-state index is 4.08. The lowest BCUT2D eigenvalue weighted by molar-refractivity contribution is 0.496. The SMILES string of the molecule is C[C@H](N[C@H](C)c1cccc2ccccc12)c1ccncc1. The quantitative estimate of drug-likeness (QED) is 0.750. The van der Waals surface area contributed by atoms with Gasteiger partial charge in [-0.25, -0.2) is 0 Å². The van der Waals surface area contributed by atoms with E-state index in [9.17, 15) is 0 Å². The van der Waals surface area contributed by atoms with Gasteiger partial charge in [-0.15, -0.1) is 0 Å². The van der Waals surface area contributed by atoms with Crippen LogP contribution in [0.15, 0.2) is 67.0 Å². The molecule has 0 amide bonds. The number of hydrogen-bond donors (Lipinski definition) is 1. The molecule has 0 saturated carbocycles. The van der Waals surface area contributed by atoms with Crippen molar-refractivity contribution in [3.8, 4) is 0 Å². The summed E-state index contributed by atoms with van der Waals surface area (Å²) in [5.74, 6) is 0. The van der Waals surface area contributed by atoms with Gasteiger partial charge >= 0.3 is 0 Å². The third kappa shape index (κ3) is 2.96. The number of aromatic nitrogens is 1. The fraction of sp³-hybridized carbons (Fsp3) is 0.211. The molecule has 1 N–H and O–H groups in total. The molecule has 2 atom stereocenters. The topological polar surface area (TPSA) is 24.9 Å². The Bertz CT molecular complexity index is 716. The molecular weight excluding hydrogens is 256 g/mol. The third-order valence-corrected chi connectivity index (χ3v) is 4.00. The molecule has 0 aliphatic carbocycles. The van der Waals surface area contributed by atoms with E-state index in [1.54, 1.807) is 0 Å². The molecule has 21 heavy (non-hydrogen) atoms. The van der Waals surface area contributed by atoms with Gasteiger partial charge in [-0.2, -0.15) is 0 Å². The Hall–Kier alpha value is -2.19. The van der Waals surface area contributed by atoms with Crippen molar-refractivity contribution < 1.29 is 0 Å². The van der Waals surface area contributed by atoms with Gasteiger partial charge in [-0.3, -0.25) is 4.98 Å². The smallest absolute Gasteiger partial charge is 0.0303 e. The number of nitrogens with zero attached hydrogens (tertiary/aromatic N) is 1. The molecule has 3 rings (SSSR count). The lowest BCUT2D eigenvalue weighted by atomic mass is 9.98. The van der Waals surface area contributed by atoms with Crippen LogP contribution < -0.4 is 5.32 Å². The van der Waals surface area contributed by atoms with Crippen LogP contribution in [0.5, 0.6) is 0 Å². The molecule has 2 aromatic carbocycles. The Balaban J connectivity index is 1.86. The van der Waals surface area contributed by atoms with Crippen molar-refractivity contribution in [2.75, 3.05) is 0 Å². The molecule has 0 spiro atoms. The first-order valence-electron chi connectivity index (χ1n) is 7.39. The van der Waals surface area contributed by atoms with E-state index in [0.29, 0.717) is 12.1 Å². The monoisotopic (exact) mass is 276 g/mol. The first-order valence-corrected chi connectivity index (χ1v) is 7.39. The highest BCUT2D eigenvalue weighted by Gasteiger charge is 2.13. The van der Waals surface area contributed by atoms with Gasteiger partial charge in [0, 0.05) is 24.5 Å². The summed E-state index contributed by atoms with van der Waals surface area (Å²) in [4.78, 5) is 4.08. The maximum Gasteiger partial charge on any atom is 0.0303 e. The average molecular weight is 276 g/mol. The summed E-state index contributed by atoms with van der Waals surface area (Å²) in [5.41, 5.74) is 2.60. The summed E-state index contributed by atoms with van der Waals surface area (Å²) in [6, 6.07) is 19.8. The molecule has 2 nitrogen and oxygen atoms in total. The molecule has 106 valence electrons. The summed E-state index contributed by atoms with van der Waals surface area (Å²) in [5, 5.41) is 6.29. The molecule has 0 unspecified atom stereocenters. The summed E-state index contributed by atoms with van der Waals surface area (Å²) >= 11 is 0. The van der Waals surface area contributed by atoms with Crippen molar-refractivity contribution in [2.24, 2.45) is 0 Å². The number of nitrogens with one attached hydrogen (secondary N) is 1. The zero-order valence-corrected chi connectivity index (χ0v) is 12.5. The number of rotatable bonds is 4. The number of fused-ring (bicyclic) bond motifs is 1. The first kappa shape index (κ1) is 13.8. The highest BCUT2D eigenvalue weighted by atomic mass is 14.9. The molecule has 2 heteroatoms. The van der Waals surface area contributed by atoms with Gasteiger partial charge in [0.25, 0.3) is 0 Å². The van der Waals surface area contributed by atoms with Gasteiger partial charge in [0.1, 0.15) is 0 Å². The summed E-state index contributed by atoms with van der Waals surface area (Å²) in [7, 11) is 0. The van der Waals surface area contributed by atoms with E-state index in [1.807, 2.05) is 12.4 Å². The van der Waals surface area contributed by atoms with Gasteiger partial charge in [-0.05, 0) is 47.9 Å². The molecule has 0 aliphatic rings. The minimum Gasteiger partial charge on any atom is -0.304 e. The lowest BCUT2D eigenvalue weighted by Crippen LogP contribution is -2.22.